The van der Waals surface area contributed by atoms with Crippen LogP contribution in [-0.4, -0.2) is 55.7 Å². The number of hydrogen-bond donors (Lipinski definition) is 3. The summed E-state index contributed by atoms with van der Waals surface area (Å²) >= 11 is 0. The van der Waals surface area contributed by atoms with E-state index in [1.165, 1.54) is 0 Å². The molecule has 0 bridgehead atoms. The van der Waals surface area contributed by atoms with Crippen LogP contribution in [0.4, 0.5) is 0 Å². The van der Waals surface area contributed by atoms with Gasteiger partial charge in [-0.3, -0.25) is 9.69 Å². The summed E-state index contributed by atoms with van der Waals surface area (Å²) < 4.78 is 0. The number of hydrogen-bond acceptors (Lipinski definition) is 5. The van der Waals surface area contributed by atoms with Gasteiger partial charge < -0.3 is 16.0 Å². The minimum Gasteiger partial charge on any atom is -0.303 e. The van der Waals surface area contributed by atoms with Gasteiger partial charge in [0, 0.05) is 38.5 Å². The second kappa shape index (κ2) is 6.96. The smallest absolute Gasteiger partial charge is 0.143 e. The van der Waals surface area contributed by atoms with Crippen molar-refractivity contribution in [1.82, 2.24) is 20.9 Å². The van der Waals surface area contributed by atoms with Crippen molar-refractivity contribution < 1.29 is 4.79 Å². The Balaban J connectivity index is 2.47. The van der Waals surface area contributed by atoms with Crippen LogP contribution in [0.5, 0.6) is 0 Å². The first-order valence-corrected chi connectivity index (χ1v) is 5.97. The van der Waals surface area contributed by atoms with Gasteiger partial charge in [0.25, 0.3) is 0 Å². The van der Waals surface area contributed by atoms with Gasteiger partial charge in [-0.25, -0.2) is 0 Å². The Kier molecular flexibility index (Phi) is 5.90. The lowest BCUT2D eigenvalue weighted by Crippen LogP contribution is -2.52. The monoisotopic (exact) mass is 228 g/mol. The van der Waals surface area contributed by atoms with Crippen LogP contribution < -0.4 is 16.0 Å². The molecule has 5 heteroatoms. The molecule has 1 rings (SSSR count). The third-order valence-electron chi connectivity index (χ3n) is 2.67. The molecule has 0 aliphatic carbocycles. The summed E-state index contributed by atoms with van der Waals surface area (Å²) in [6, 6.07) is 0.812. The number of carbonyl (C=O) groups excluding carboxylic acids is 1. The van der Waals surface area contributed by atoms with Crippen LogP contribution in [0.15, 0.2) is 0 Å². The molecule has 0 aromatic carbocycles. The van der Waals surface area contributed by atoms with E-state index in [0.29, 0.717) is 18.6 Å². The van der Waals surface area contributed by atoms with Gasteiger partial charge in [-0.15, -0.1) is 0 Å². The van der Waals surface area contributed by atoms with Gasteiger partial charge in [-0.05, 0) is 20.8 Å². The van der Waals surface area contributed by atoms with Gasteiger partial charge in [0.2, 0.25) is 0 Å². The Bertz CT molecular complexity index is 222. The van der Waals surface area contributed by atoms with Crippen molar-refractivity contribution in [2.75, 3.05) is 33.0 Å². The lowest BCUT2D eigenvalue weighted by Gasteiger charge is -2.29. The zero-order valence-electron chi connectivity index (χ0n) is 10.5. The Labute approximate surface area is 98.0 Å². The maximum absolute atomic E-state index is 11.1. The van der Waals surface area contributed by atoms with E-state index in [1.807, 2.05) is 0 Å². The fraction of sp³-hybridized carbons (Fsp3) is 0.909. The Hall–Kier alpha value is -0.490. The fourth-order valence-corrected chi connectivity index (χ4v) is 1.84. The number of Topliss-reactive ketones (excluding diaryl/α,β-unsaturated/α-hetero) is 1. The number of nitrogens with one attached hydrogen (secondary N) is 3. The highest BCUT2D eigenvalue weighted by atomic mass is 16.1. The van der Waals surface area contributed by atoms with E-state index in [0.717, 1.165) is 26.4 Å². The summed E-state index contributed by atoms with van der Waals surface area (Å²) in [5.41, 5.74) is 0. The highest BCUT2D eigenvalue weighted by molar-refractivity contribution is 5.77. The largest absolute Gasteiger partial charge is 0.303 e. The Morgan fingerprint density at radius 3 is 2.75 bits per heavy atom. The van der Waals surface area contributed by atoms with E-state index in [9.17, 15) is 4.79 Å². The van der Waals surface area contributed by atoms with E-state index < -0.39 is 0 Å². The average Bonchev–Trinajstić information content (AvgIpc) is 2.19. The quantitative estimate of drug-likeness (QED) is 0.586. The second-order valence-corrected chi connectivity index (χ2v) is 4.71. The summed E-state index contributed by atoms with van der Waals surface area (Å²) in [5.74, 6) is 0.219. The van der Waals surface area contributed by atoms with E-state index in [1.54, 1.807) is 6.92 Å². The van der Waals surface area contributed by atoms with Crippen LogP contribution in [0.3, 0.4) is 0 Å². The molecule has 0 aromatic rings. The van der Waals surface area contributed by atoms with Crippen molar-refractivity contribution in [3.05, 3.63) is 0 Å². The number of ketones is 1. The topological polar surface area (TPSA) is 56.4 Å². The maximum atomic E-state index is 11.1. The molecule has 1 heterocycles. The van der Waals surface area contributed by atoms with E-state index in [-0.39, 0.29) is 5.78 Å². The molecule has 1 fully saturated rings. The fourth-order valence-electron chi connectivity index (χ4n) is 1.84. The zero-order chi connectivity index (χ0) is 12.0. The lowest BCUT2D eigenvalue weighted by molar-refractivity contribution is -0.118. The van der Waals surface area contributed by atoms with Gasteiger partial charge in [0.15, 0.2) is 0 Å². The average molecular weight is 228 g/mol. The summed E-state index contributed by atoms with van der Waals surface area (Å²) in [6.45, 7) is 9.87. The molecule has 0 saturated carbocycles. The zero-order valence-corrected chi connectivity index (χ0v) is 10.5. The molecule has 2 unspecified atom stereocenters. The molecule has 2 atom stereocenters. The van der Waals surface area contributed by atoms with Gasteiger partial charge in [0.05, 0.1) is 6.54 Å². The predicted octanol–water partition coefficient (Wildman–Crippen LogP) is -0.648. The number of rotatable bonds is 2. The summed E-state index contributed by atoms with van der Waals surface area (Å²) in [4.78, 5) is 13.3. The summed E-state index contributed by atoms with van der Waals surface area (Å²) in [6.07, 6.45) is 0. The first-order valence-electron chi connectivity index (χ1n) is 5.97. The third kappa shape index (κ3) is 5.55. The van der Waals surface area contributed by atoms with Crippen molar-refractivity contribution >= 4 is 5.78 Å². The predicted molar refractivity (Wildman–Crippen MR) is 65.2 cm³/mol. The molecule has 0 radical (unpaired) electrons. The van der Waals surface area contributed by atoms with E-state index in [4.69, 9.17) is 0 Å². The molecule has 5 nitrogen and oxygen atoms in total. The highest BCUT2D eigenvalue weighted by Crippen LogP contribution is 1.94. The van der Waals surface area contributed by atoms with Gasteiger partial charge in [-0.2, -0.15) is 0 Å². The minimum atomic E-state index is 0.219. The third-order valence-corrected chi connectivity index (χ3v) is 2.67. The van der Waals surface area contributed by atoms with Crippen LogP contribution in [0.1, 0.15) is 20.8 Å². The van der Waals surface area contributed by atoms with Crippen LogP contribution in [0, 0.1) is 0 Å². The molecule has 3 N–H and O–H groups in total. The van der Waals surface area contributed by atoms with Crippen LogP contribution >= 0.6 is 0 Å². The summed E-state index contributed by atoms with van der Waals surface area (Å²) in [7, 11) is 0. The number of nitrogens with zero attached hydrogens (tertiary/aromatic N) is 1. The molecule has 94 valence electrons. The Morgan fingerprint density at radius 2 is 2.06 bits per heavy atom. The van der Waals surface area contributed by atoms with Crippen LogP contribution in [-0.2, 0) is 4.79 Å². The van der Waals surface area contributed by atoms with Crippen molar-refractivity contribution in [2.24, 2.45) is 0 Å². The molecule has 1 aliphatic heterocycles. The van der Waals surface area contributed by atoms with Crippen molar-refractivity contribution in [3.8, 4) is 0 Å². The SMILES string of the molecule is CC(=O)CN1CNC(C)CNCNC(C)C1. The molecule has 16 heavy (non-hydrogen) atoms. The molecule has 0 aromatic heterocycles. The normalized spacial score (nSPS) is 29.9. The molecular weight excluding hydrogens is 204 g/mol. The van der Waals surface area contributed by atoms with Gasteiger partial charge in [0.1, 0.15) is 5.78 Å². The standard InChI is InChI=1S/C11H24N4O/c1-9-4-12-7-13-10(2)5-15(8-14-9)6-11(3)16/h9-10,12-14H,4-8H2,1-3H3. The molecule has 1 saturated heterocycles. The van der Waals surface area contributed by atoms with Crippen molar-refractivity contribution in [3.63, 3.8) is 0 Å². The highest BCUT2D eigenvalue weighted by Gasteiger charge is 2.14. The number of carbonyl (C=O) groups is 1. The maximum Gasteiger partial charge on any atom is 0.143 e. The Morgan fingerprint density at radius 1 is 1.31 bits per heavy atom. The van der Waals surface area contributed by atoms with Crippen LogP contribution in [0.25, 0.3) is 0 Å². The van der Waals surface area contributed by atoms with E-state index in [2.05, 4.69) is 34.7 Å². The molecule has 0 spiro atoms. The molecular formula is C11H24N4O. The van der Waals surface area contributed by atoms with E-state index >= 15 is 0 Å². The first-order chi connectivity index (χ1) is 7.58. The van der Waals surface area contributed by atoms with Crippen molar-refractivity contribution in [1.29, 1.82) is 0 Å². The minimum absolute atomic E-state index is 0.219. The van der Waals surface area contributed by atoms with Crippen molar-refractivity contribution in [2.45, 2.75) is 32.9 Å². The van der Waals surface area contributed by atoms with Crippen LogP contribution in [0.2, 0.25) is 0 Å². The second-order valence-electron chi connectivity index (χ2n) is 4.71. The first kappa shape index (κ1) is 13.6. The van der Waals surface area contributed by atoms with Gasteiger partial charge >= 0.3 is 0 Å². The molecule has 1 aliphatic rings. The summed E-state index contributed by atoms with van der Waals surface area (Å²) in [5, 5.41) is 10.1. The lowest BCUT2D eigenvalue weighted by atomic mass is 10.2. The molecule has 0 amide bonds. The van der Waals surface area contributed by atoms with Gasteiger partial charge in [-0.1, -0.05) is 0 Å².